The second-order valence-electron chi connectivity index (χ2n) is 3.22. The van der Waals surface area contributed by atoms with Gasteiger partial charge >= 0.3 is 5.97 Å². The molecular formula is C10H20O4. The molecule has 2 unspecified atom stereocenters. The van der Waals surface area contributed by atoms with Crippen LogP contribution < -0.4 is 0 Å². The molecule has 0 saturated carbocycles. The molecule has 0 bridgehead atoms. The van der Waals surface area contributed by atoms with Crippen LogP contribution in [0.15, 0.2) is 0 Å². The number of carboxylic acids is 1. The molecule has 0 radical (unpaired) electrons. The minimum atomic E-state index is -0.893. The number of carboxylic acid groups (broad SMARTS) is 1. The predicted molar refractivity (Wildman–Crippen MR) is 53.4 cm³/mol. The van der Waals surface area contributed by atoms with Gasteiger partial charge in [-0.2, -0.15) is 0 Å². The number of rotatable bonds is 8. The van der Waals surface area contributed by atoms with E-state index in [1.54, 1.807) is 0 Å². The standard InChI is InChI=1S/C10H20O4/c1-4-6-9(10(11)12)14-8(3)7-13-5-2/h8-9H,4-7H2,1-3H3,(H,11,12). The van der Waals surface area contributed by atoms with E-state index >= 15 is 0 Å². The lowest BCUT2D eigenvalue weighted by Gasteiger charge is -2.18. The van der Waals surface area contributed by atoms with Gasteiger partial charge in [0.2, 0.25) is 0 Å². The molecule has 0 aromatic rings. The van der Waals surface area contributed by atoms with Gasteiger partial charge in [-0.3, -0.25) is 0 Å². The smallest absolute Gasteiger partial charge is 0.332 e. The van der Waals surface area contributed by atoms with Gasteiger partial charge in [-0.15, -0.1) is 0 Å². The van der Waals surface area contributed by atoms with Gasteiger partial charge in [0.05, 0.1) is 12.7 Å². The van der Waals surface area contributed by atoms with Crippen molar-refractivity contribution < 1.29 is 19.4 Å². The van der Waals surface area contributed by atoms with E-state index < -0.39 is 12.1 Å². The Morgan fingerprint density at radius 3 is 2.50 bits per heavy atom. The molecule has 4 nitrogen and oxygen atoms in total. The van der Waals surface area contributed by atoms with E-state index in [0.29, 0.717) is 19.6 Å². The van der Waals surface area contributed by atoms with Gasteiger partial charge in [0.1, 0.15) is 0 Å². The summed E-state index contributed by atoms with van der Waals surface area (Å²) >= 11 is 0. The molecule has 0 spiro atoms. The Labute approximate surface area is 85.2 Å². The largest absolute Gasteiger partial charge is 0.479 e. The number of ether oxygens (including phenoxy) is 2. The van der Waals surface area contributed by atoms with E-state index in [0.717, 1.165) is 6.42 Å². The lowest BCUT2D eigenvalue weighted by molar-refractivity contribution is -0.156. The summed E-state index contributed by atoms with van der Waals surface area (Å²) in [6.45, 7) is 6.73. The number of hydrogen-bond donors (Lipinski definition) is 1. The summed E-state index contributed by atoms with van der Waals surface area (Å²) in [5.74, 6) is -0.893. The van der Waals surface area contributed by atoms with Crippen LogP contribution in [0, 0.1) is 0 Å². The molecule has 2 atom stereocenters. The molecule has 84 valence electrons. The van der Waals surface area contributed by atoms with Gasteiger partial charge < -0.3 is 14.6 Å². The molecule has 0 rings (SSSR count). The Kier molecular flexibility index (Phi) is 7.42. The molecule has 1 N–H and O–H groups in total. The van der Waals surface area contributed by atoms with Gasteiger partial charge in [-0.05, 0) is 20.3 Å². The van der Waals surface area contributed by atoms with Crippen molar-refractivity contribution in [3.05, 3.63) is 0 Å². The molecule has 4 heteroatoms. The summed E-state index contributed by atoms with van der Waals surface area (Å²) in [6, 6.07) is 0. The molecule has 0 aliphatic rings. The van der Waals surface area contributed by atoms with Crippen molar-refractivity contribution in [3.63, 3.8) is 0 Å². The first-order valence-corrected chi connectivity index (χ1v) is 5.07. The van der Waals surface area contributed by atoms with Crippen molar-refractivity contribution in [1.82, 2.24) is 0 Å². The summed E-state index contributed by atoms with van der Waals surface area (Å²) < 4.78 is 10.5. The topological polar surface area (TPSA) is 55.8 Å². The predicted octanol–water partition coefficient (Wildman–Crippen LogP) is 1.68. The van der Waals surface area contributed by atoms with Crippen molar-refractivity contribution in [2.45, 2.75) is 45.8 Å². The van der Waals surface area contributed by atoms with Crippen LogP contribution in [0.3, 0.4) is 0 Å². The third-order valence-electron chi connectivity index (χ3n) is 1.78. The lowest BCUT2D eigenvalue weighted by Crippen LogP contribution is -2.30. The SMILES string of the molecule is CCCC(OC(C)COCC)C(=O)O. The highest BCUT2D eigenvalue weighted by Gasteiger charge is 2.19. The molecule has 0 aromatic carbocycles. The van der Waals surface area contributed by atoms with E-state index in [1.165, 1.54) is 0 Å². The second kappa shape index (κ2) is 7.76. The monoisotopic (exact) mass is 204 g/mol. The van der Waals surface area contributed by atoms with Crippen molar-refractivity contribution >= 4 is 5.97 Å². The molecule has 0 heterocycles. The van der Waals surface area contributed by atoms with Crippen LogP contribution in [0.4, 0.5) is 0 Å². The fourth-order valence-corrected chi connectivity index (χ4v) is 1.12. The van der Waals surface area contributed by atoms with Crippen molar-refractivity contribution in [2.75, 3.05) is 13.2 Å². The molecule has 14 heavy (non-hydrogen) atoms. The third kappa shape index (κ3) is 5.94. The number of aliphatic carboxylic acids is 1. The minimum Gasteiger partial charge on any atom is -0.479 e. The number of hydrogen-bond acceptors (Lipinski definition) is 3. The van der Waals surface area contributed by atoms with E-state index in [-0.39, 0.29) is 6.10 Å². The van der Waals surface area contributed by atoms with Crippen LogP contribution in [0.2, 0.25) is 0 Å². The molecule has 0 fully saturated rings. The molecule has 0 aromatic heterocycles. The van der Waals surface area contributed by atoms with Crippen LogP contribution in [0.25, 0.3) is 0 Å². The average Bonchev–Trinajstić information content (AvgIpc) is 2.14. The minimum absolute atomic E-state index is 0.164. The van der Waals surface area contributed by atoms with Crippen LogP contribution in [0.5, 0.6) is 0 Å². The zero-order chi connectivity index (χ0) is 11.0. The van der Waals surface area contributed by atoms with E-state index in [2.05, 4.69) is 0 Å². The van der Waals surface area contributed by atoms with Gasteiger partial charge in [-0.1, -0.05) is 13.3 Å². The number of carbonyl (C=O) groups is 1. The van der Waals surface area contributed by atoms with Crippen LogP contribution >= 0.6 is 0 Å². The second-order valence-corrected chi connectivity index (χ2v) is 3.22. The molecule has 0 amide bonds. The zero-order valence-electron chi connectivity index (χ0n) is 9.16. The highest BCUT2D eigenvalue weighted by molar-refractivity contribution is 5.72. The molecule has 0 aliphatic heterocycles. The quantitative estimate of drug-likeness (QED) is 0.653. The summed E-state index contributed by atoms with van der Waals surface area (Å²) in [5.41, 5.74) is 0. The fraction of sp³-hybridized carbons (Fsp3) is 0.900. The first kappa shape index (κ1) is 13.4. The third-order valence-corrected chi connectivity index (χ3v) is 1.78. The first-order chi connectivity index (χ1) is 6.61. The van der Waals surface area contributed by atoms with E-state index in [9.17, 15) is 4.79 Å². The Morgan fingerprint density at radius 1 is 1.43 bits per heavy atom. The Morgan fingerprint density at radius 2 is 2.07 bits per heavy atom. The van der Waals surface area contributed by atoms with Crippen LogP contribution in [-0.4, -0.2) is 36.5 Å². The fourth-order valence-electron chi connectivity index (χ4n) is 1.12. The molecule has 0 aliphatic carbocycles. The van der Waals surface area contributed by atoms with Crippen molar-refractivity contribution in [1.29, 1.82) is 0 Å². The first-order valence-electron chi connectivity index (χ1n) is 5.07. The molecular weight excluding hydrogens is 184 g/mol. The highest BCUT2D eigenvalue weighted by atomic mass is 16.5. The molecule has 0 saturated heterocycles. The highest BCUT2D eigenvalue weighted by Crippen LogP contribution is 2.06. The zero-order valence-corrected chi connectivity index (χ0v) is 9.16. The maximum atomic E-state index is 10.7. The summed E-state index contributed by atoms with van der Waals surface area (Å²) in [5, 5.41) is 8.81. The maximum Gasteiger partial charge on any atom is 0.332 e. The summed E-state index contributed by atoms with van der Waals surface area (Å²) in [4.78, 5) is 10.7. The Hall–Kier alpha value is -0.610. The Balaban J connectivity index is 3.83. The van der Waals surface area contributed by atoms with Gasteiger partial charge in [-0.25, -0.2) is 4.79 Å². The summed E-state index contributed by atoms with van der Waals surface area (Å²) in [7, 11) is 0. The van der Waals surface area contributed by atoms with Crippen molar-refractivity contribution in [3.8, 4) is 0 Å². The van der Waals surface area contributed by atoms with Gasteiger partial charge in [0.25, 0.3) is 0 Å². The van der Waals surface area contributed by atoms with E-state index in [1.807, 2.05) is 20.8 Å². The van der Waals surface area contributed by atoms with Crippen LogP contribution in [0.1, 0.15) is 33.6 Å². The Bertz CT molecular complexity index is 158. The van der Waals surface area contributed by atoms with Crippen molar-refractivity contribution in [2.24, 2.45) is 0 Å². The average molecular weight is 204 g/mol. The summed E-state index contributed by atoms with van der Waals surface area (Å²) in [6.07, 6.45) is 0.488. The normalized spacial score (nSPS) is 15.1. The maximum absolute atomic E-state index is 10.7. The van der Waals surface area contributed by atoms with Gasteiger partial charge in [0, 0.05) is 6.61 Å². The van der Waals surface area contributed by atoms with Gasteiger partial charge in [0.15, 0.2) is 6.10 Å². The lowest BCUT2D eigenvalue weighted by atomic mass is 10.2. The van der Waals surface area contributed by atoms with E-state index in [4.69, 9.17) is 14.6 Å². The van der Waals surface area contributed by atoms with Crippen LogP contribution in [-0.2, 0) is 14.3 Å².